The molecule has 2 N–H and O–H groups in total. The first-order valence-electron chi connectivity index (χ1n) is 11.7. The highest BCUT2D eigenvalue weighted by Gasteiger charge is 2.40. The maximum Gasteiger partial charge on any atom is 0.407 e. The van der Waals surface area contributed by atoms with E-state index in [1.165, 1.54) is 11.1 Å². The molecule has 33 heavy (non-hydrogen) atoms. The molecule has 1 unspecified atom stereocenters. The fourth-order valence-corrected chi connectivity index (χ4v) is 5.62. The third-order valence-electron chi connectivity index (χ3n) is 7.33. The maximum atomic E-state index is 13.0. The van der Waals surface area contributed by atoms with Gasteiger partial charge in [-0.3, -0.25) is 9.59 Å². The molecule has 1 saturated heterocycles. The van der Waals surface area contributed by atoms with Crippen LogP contribution in [0.25, 0.3) is 11.1 Å². The van der Waals surface area contributed by atoms with Crippen LogP contribution in [0.2, 0.25) is 0 Å². The van der Waals surface area contributed by atoms with Crippen molar-refractivity contribution in [3.63, 3.8) is 0 Å². The first kappa shape index (κ1) is 21.5. The third kappa shape index (κ3) is 4.08. The number of carbonyl (C=O) groups is 3. The molecule has 0 spiro atoms. The molecule has 2 aromatic carbocycles. The van der Waals surface area contributed by atoms with E-state index in [4.69, 9.17) is 4.74 Å². The molecule has 3 aliphatic rings. The first-order chi connectivity index (χ1) is 16.0. The Morgan fingerprint density at radius 1 is 0.970 bits per heavy atom. The van der Waals surface area contributed by atoms with Gasteiger partial charge in [-0.05, 0) is 41.5 Å². The molecule has 2 aliphatic carbocycles. The van der Waals surface area contributed by atoms with E-state index in [9.17, 15) is 19.5 Å². The molecule has 5 rings (SSSR count). The number of hydrogen-bond acceptors (Lipinski definition) is 4. The minimum Gasteiger partial charge on any atom is -0.481 e. The van der Waals surface area contributed by atoms with Crippen LogP contribution in [0, 0.1) is 11.8 Å². The lowest BCUT2D eigenvalue weighted by Crippen LogP contribution is -2.45. The fraction of sp³-hybridized carbons (Fsp3) is 0.423. The van der Waals surface area contributed by atoms with E-state index < -0.39 is 18.0 Å². The van der Waals surface area contributed by atoms with E-state index in [0.29, 0.717) is 19.4 Å². The van der Waals surface area contributed by atoms with Crippen molar-refractivity contribution in [3.8, 4) is 11.1 Å². The summed E-state index contributed by atoms with van der Waals surface area (Å²) >= 11 is 0. The van der Waals surface area contributed by atoms with Gasteiger partial charge >= 0.3 is 12.1 Å². The number of carboxylic acid groups (broad SMARTS) is 1. The van der Waals surface area contributed by atoms with Crippen LogP contribution < -0.4 is 5.32 Å². The minimum absolute atomic E-state index is 0.0123. The van der Waals surface area contributed by atoms with Gasteiger partial charge in [-0.25, -0.2) is 4.79 Å². The van der Waals surface area contributed by atoms with E-state index in [1.807, 2.05) is 24.3 Å². The lowest BCUT2D eigenvalue weighted by Gasteiger charge is -2.25. The molecule has 7 heteroatoms. The van der Waals surface area contributed by atoms with Crippen LogP contribution in [-0.2, 0) is 14.3 Å². The molecule has 7 nitrogen and oxygen atoms in total. The summed E-state index contributed by atoms with van der Waals surface area (Å²) in [5.41, 5.74) is 4.66. The first-order valence-corrected chi connectivity index (χ1v) is 11.7. The Labute approximate surface area is 192 Å². The van der Waals surface area contributed by atoms with Gasteiger partial charge in [-0.2, -0.15) is 0 Å². The third-order valence-corrected chi connectivity index (χ3v) is 7.33. The summed E-state index contributed by atoms with van der Waals surface area (Å²) in [6.45, 7) is 0.948. The van der Waals surface area contributed by atoms with E-state index in [2.05, 4.69) is 29.6 Å². The van der Waals surface area contributed by atoms with Crippen molar-refractivity contribution in [3.05, 3.63) is 59.7 Å². The van der Waals surface area contributed by atoms with Crippen molar-refractivity contribution in [2.24, 2.45) is 11.8 Å². The number of likely N-dealkylation sites (tertiary alicyclic amines) is 1. The van der Waals surface area contributed by atoms with Crippen molar-refractivity contribution >= 4 is 18.0 Å². The second kappa shape index (κ2) is 8.89. The van der Waals surface area contributed by atoms with E-state index >= 15 is 0 Å². The van der Waals surface area contributed by atoms with Crippen LogP contribution in [0.5, 0.6) is 0 Å². The number of benzene rings is 2. The topological polar surface area (TPSA) is 95.9 Å². The predicted octanol–water partition coefficient (Wildman–Crippen LogP) is 3.63. The Morgan fingerprint density at radius 3 is 2.27 bits per heavy atom. The van der Waals surface area contributed by atoms with Gasteiger partial charge in [0.05, 0.1) is 11.8 Å². The summed E-state index contributed by atoms with van der Waals surface area (Å²) in [4.78, 5) is 38.5. The lowest BCUT2D eigenvalue weighted by atomic mass is 9.98. The lowest BCUT2D eigenvalue weighted by molar-refractivity contribution is -0.141. The number of amides is 2. The zero-order valence-electron chi connectivity index (χ0n) is 18.4. The van der Waals surface area contributed by atoms with E-state index in [1.54, 1.807) is 4.90 Å². The quantitative estimate of drug-likeness (QED) is 0.728. The molecular formula is C26H28N2O5. The smallest absolute Gasteiger partial charge is 0.407 e. The van der Waals surface area contributed by atoms with Gasteiger partial charge in [-0.15, -0.1) is 0 Å². The molecule has 1 saturated carbocycles. The van der Waals surface area contributed by atoms with E-state index in [-0.39, 0.29) is 36.9 Å². The second-order valence-electron chi connectivity index (χ2n) is 9.22. The number of nitrogens with one attached hydrogen (secondary N) is 1. The summed E-state index contributed by atoms with van der Waals surface area (Å²) in [7, 11) is 0. The van der Waals surface area contributed by atoms with Gasteiger partial charge in [0.25, 0.3) is 0 Å². The largest absolute Gasteiger partial charge is 0.481 e. The summed E-state index contributed by atoms with van der Waals surface area (Å²) < 4.78 is 5.65. The van der Waals surface area contributed by atoms with Crippen LogP contribution in [0.15, 0.2) is 48.5 Å². The number of ether oxygens (including phenoxy) is 1. The molecular weight excluding hydrogens is 420 g/mol. The number of rotatable bonds is 5. The van der Waals surface area contributed by atoms with Crippen LogP contribution in [0.4, 0.5) is 4.79 Å². The van der Waals surface area contributed by atoms with Gasteiger partial charge in [0, 0.05) is 25.0 Å². The van der Waals surface area contributed by atoms with Crippen molar-refractivity contribution in [1.29, 1.82) is 0 Å². The number of carboxylic acids is 1. The minimum atomic E-state index is -0.856. The van der Waals surface area contributed by atoms with Gasteiger partial charge in [0.15, 0.2) is 0 Å². The van der Waals surface area contributed by atoms with Crippen LogP contribution >= 0.6 is 0 Å². The summed E-state index contributed by atoms with van der Waals surface area (Å²) in [6, 6.07) is 16.1. The molecule has 1 aliphatic heterocycles. The highest BCUT2D eigenvalue weighted by atomic mass is 16.5. The zero-order chi connectivity index (χ0) is 22.9. The Kier molecular flexibility index (Phi) is 5.79. The van der Waals surface area contributed by atoms with Crippen LogP contribution in [0.3, 0.4) is 0 Å². The average Bonchev–Trinajstić information content (AvgIpc) is 3.55. The SMILES string of the molecule is O=C(N[C@@H]1CCC[C@@H]1C(=O)N1CCC(C(=O)O)C1)OCC1c2ccccc2-c2ccccc21. The number of nitrogens with zero attached hydrogens (tertiary/aromatic N) is 1. The molecule has 3 atom stereocenters. The van der Waals surface area contributed by atoms with Gasteiger partial charge in [0.1, 0.15) is 6.61 Å². The summed E-state index contributed by atoms with van der Waals surface area (Å²) in [6.07, 6.45) is 2.24. The fourth-order valence-electron chi connectivity index (χ4n) is 5.62. The van der Waals surface area contributed by atoms with Gasteiger partial charge in [0.2, 0.25) is 5.91 Å². The summed E-state index contributed by atoms with van der Waals surface area (Å²) in [5, 5.41) is 12.1. The molecule has 0 aromatic heterocycles. The number of alkyl carbamates (subject to hydrolysis) is 1. The Bertz CT molecular complexity index is 1040. The second-order valence-corrected chi connectivity index (χ2v) is 9.22. The maximum absolute atomic E-state index is 13.0. The normalized spacial score (nSPS) is 23.8. The average molecular weight is 449 g/mol. The number of carbonyl (C=O) groups excluding carboxylic acids is 2. The summed E-state index contributed by atoms with van der Waals surface area (Å²) in [5.74, 6) is -1.74. The Balaban J connectivity index is 1.20. The van der Waals surface area contributed by atoms with Crippen molar-refractivity contribution in [1.82, 2.24) is 10.2 Å². The molecule has 2 aromatic rings. The van der Waals surface area contributed by atoms with Gasteiger partial charge in [-0.1, -0.05) is 55.0 Å². The monoisotopic (exact) mass is 448 g/mol. The van der Waals surface area contributed by atoms with Crippen molar-refractivity contribution in [2.75, 3.05) is 19.7 Å². The Morgan fingerprint density at radius 2 is 1.64 bits per heavy atom. The number of aliphatic carboxylic acids is 1. The van der Waals surface area contributed by atoms with Crippen molar-refractivity contribution < 1.29 is 24.2 Å². The molecule has 2 fully saturated rings. The van der Waals surface area contributed by atoms with Gasteiger partial charge < -0.3 is 20.1 Å². The van der Waals surface area contributed by atoms with Crippen molar-refractivity contribution in [2.45, 2.75) is 37.6 Å². The highest BCUT2D eigenvalue weighted by Crippen LogP contribution is 2.44. The molecule has 172 valence electrons. The van der Waals surface area contributed by atoms with E-state index in [0.717, 1.165) is 24.0 Å². The molecule has 0 bridgehead atoms. The highest BCUT2D eigenvalue weighted by molar-refractivity contribution is 5.83. The predicted molar refractivity (Wildman–Crippen MR) is 122 cm³/mol. The van der Waals surface area contributed by atoms with Crippen LogP contribution in [0.1, 0.15) is 42.7 Å². The molecule has 1 heterocycles. The standard InChI is InChI=1S/C26H28N2O5/c29-24(28-13-12-16(14-28)25(30)31)21-10-5-11-23(21)27-26(32)33-15-22-19-8-3-1-6-17(19)18-7-2-4-9-20(18)22/h1-4,6-9,16,21-23H,5,10-15H2,(H,27,32)(H,30,31)/t16?,21-,23+/m0/s1. The molecule has 2 amide bonds. The van der Waals surface area contributed by atoms with Crippen LogP contribution in [-0.4, -0.2) is 53.7 Å². The zero-order valence-corrected chi connectivity index (χ0v) is 18.4. The number of hydrogen-bond donors (Lipinski definition) is 2. The Hall–Kier alpha value is -3.35. The number of fused-ring (bicyclic) bond motifs is 3. The molecule has 0 radical (unpaired) electrons.